The van der Waals surface area contributed by atoms with E-state index in [9.17, 15) is 0 Å². The van der Waals surface area contributed by atoms with Gasteiger partial charge in [0.05, 0.1) is 0 Å². The molecule has 13 heavy (non-hydrogen) atoms. The minimum atomic E-state index is 0.814. The van der Waals surface area contributed by atoms with Crippen LogP contribution < -0.4 is 0 Å². The van der Waals surface area contributed by atoms with Crippen molar-refractivity contribution < 1.29 is 0 Å². The Balaban J connectivity index is 2.64. The van der Waals surface area contributed by atoms with E-state index in [2.05, 4.69) is 39.6 Å². The van der Waals surface area contributed by atoms with Crippen LogP contribution in [0.3, 0.4) is 0 Å². The first-order valence-corrected chi connectivity index (χ1v) is 5.25. The smallest absolute Gasteiger partial charge is 0.0460 e. The first kappa shape index (κ1) is 8.57. The fraction of sp³-hybridized carbons (Fsp3) is 0.0909. The van der Waals surface area contributed by atoms with Gasteiger partial charge in [0.15, 0.2) is 0 Å². The average molecular weight is 236 g/mol. The Kier molecular flexibility index (Phi) is 2.23. The van der Waals surface area contributed by atoms with Crippen molar-refractivity contribution in [3.05, 3.63) is 42.6 Å². The number of nitrogens with one attached hydrogen (secondary N) is 1. The van der Waals surface area contributed by atoms with Crippen LogP contribution in [-0.2, 0) is 0 Å². The Morgan fingerprint density at radius 2 is 2.15 bits per heavy atom. The van der Waals surface area contributed by atoms with E-state index in [1.807, 2.05) is 18.3 Å². The fourth-order valence-corrected chi connectivity index (χ4v) is 1.74. The summed E-state index contributed by atoms with van der Waals surface area (Å²) in [5, 5.41) is 2.06. The van der Waals surface area contributed by atoms with E-state index in [0.717, 1.165) is 10.9 Å². The molecule has 66 valence electrons. The van der Waals surface area contributed by atoms with Gasteiger partial charge >= 0.3 is 0 Å². The minimum absolute atomic E-state index is 0.814. The number of para-hydroxylation sites is 1. The van der Waals surface area contributed by atoms with Crippen LogP contribution in [0.1, 0.15) is 5.56 Å². The summed E-state index contributed by atoms with van der Waals surface area (Å²) in [4.78, 5) is 3.22. The second-order valence-corrected chi connectivity index (χ2v) is 3.55. The van der Waals surface area contributed by atoms with Gasteiger partial charge in [-0.05, 0) is 11.6 Å². The number of benzene rings is 1. The summed E-state index contributed by atoms with van der Waals surface area (Å²) in [6.45, 7) is 4.00. The van der Waals surface area contributed by atoms with Gasteiger partial charge < -0.3 is 4.98 Å². The Morgan fingerprint density at radius 1 is 1.38 bits per heavy atom. The molecule has 1 N–H and O–H groups in total. The van der Waals surface area contributed by atoms with Gasteiger partial charge in [0.1, 0.15) is 0 Å². The topological polar surface area (TPSA) is 15.8 Å². The third kappa shape index (κ3) is 1.42. The Bertz CT molecular complexity index is 442. The maximum atomic E-state index is 4.00. The predicted octanol–water partition coefficient (Wildman–Crippen LogP) is 3.58. The molecule has 1 nitrogen and oxygen atoms in total. The van der Waals surface area contributed by atoms with Gasteiger partial charge in [-0.1, -0.05) is 40.7 Å². The van der Waals surface area contributed by atoms with Crippen LogP contribution in [0.25, 0.3) is 16.5 Å². The third-order valence-electron chi connectivity index (χ3n) is 2.13. The summed E-state index contributed by atoms with van der Waals surface area (Å²) in [6.07, 6.45) is 2.01. The van der Waals surface area contributed by atoms with E-state index in [1.54, 1.807) is 0 Å². The van der Waals surface area contributed by atoms with Gasteiger partial charge in [-0.15, -0.1) is 0 Å². The molecule has 0 aliphatic rings. The van der Waals surface area contributed by atoms with E-state index >= 15 is 0 Å². The van der Waals surface area contributed by atoms with Crippen molar-refractivity contribution in [1.82, 2.24) is 4.98 Å². The van der Waals surface area contributed by atoms with Gasteiger partial charge in [0, 0.05) is 28.0 Å². The van der Waals surface area contributed by atoms with Crippen LogP contribution in [0.15, 0.2) is 37.0 Å². The summed E-state index contributed by atoms with van der Waals surface area (Å²) in [5.41, 5.74) is 3.48. The molecular weight excluding hydrogens is 226 g/mol. The molecule has 0 unspecified atom stereocenters. The number of allylic oxidation sites excluding steroid dienone is 1. The van der Waals surface area contributed by atoms with E-state index < -0.39 is 0 Å². The summed E-state index contributed by atoms with van der Waals surface area (Å²) in [7, 11) is 0. The van der Waals surface area contributed by atoms with E-state index in [-0.39, 0.29) is 0 Å². The number of hydrogen-bond donors (Lipinski definition) is 1. The average Bonchev–Trinajstić information content (AvgIpc) is 2.60. The van der Waals surface area contributed by atoms with Gasteiger partial charge in [-0.25, -0.2) is 0 Å². The van der Waals surface area contributed by atoms with Crippen molar-refractivity contribution in [1.29, 1.82) is 0 Å². The lowest BCUT2D eigenvalue weighted by molar-refractivity contribution is 1.46. The number of hydrogen-bond acceptors (Lipinski definition) is 0. The van der Waals surface area contributed by atoms with Crippen molar-refractivity contribution in [2.75, 3.05) is 5.33 Å². The molecule has 2 rings (SSSR count). The highest BCUT2D eigenvalue weighted by Crippen LogP contribution is 2.24. The summed E-state index contributed by atoms with van der Waals surface area (Å²) in [5.74, 6) is 0. The highest BCUT2D eigenvalue weighted by atomic mass is 79.9. The van der Waals surface area contributed by atoms with E-state index in [4.69, 9.17) is 0 Å². The lowest BCUT2D eigenvalue weighted by Crippen LogP contribution is -1.79. The number of rotatable bonds is 2. The van der Waals surface area contributed by atoms with Crippen LogP contribution >= 0.6 is 15.9 Å². The second-order valence-electron chi connectivity index (χ2n) is 2.99. The van der Waals surface area contributed by atoms with Crippen LogP contribution in [-0.4, -0.2) is 10.3 Å². The zero-order valence-corrected chi connectivity index (χ0v) is 8.76. The van der Waals surface area contributed by atoms with Gasteiger partial charge in [0.25, 0.3) is 0 Å². The van der Waals surface area contributed by atoms with Crippen molar-refractivity contribution in [3.8, 4) is 0 Å². The highest BCUT2D eigenvalue weighted by Gasteiger charge is 2.04. The molecule has 2 aromatic rings. The molecule has 0 saturated carbocycles. The number of H-pyrrole nitrogens is 1. The Hall–Kier alpha value is -1.02. The Morgan fingerprint density at radius 3 is 2.92 bits per heavy atom. The molecule has 1 aromatic carbocycles. The molecule has 1 heterocycles. The summed E-state index contributed by atoms with van der Waals surface area (Å²) >= 11 is 3.41. The second kappa shape index (κ2) is 3.38. The molecule has 0 bridgehead atoms. The Labute approximate surface area is 85.6 Å². The minimum Gasteiger partial charge on any atom is -0.361 e. The van der Waals surface area contributed by atoms with Crippen LogP contribution in [0.5, 0.6) is 0 Å². The van der Waals surface area contributed by atoms with Gasteiger partial charge in [0.2, 0.25) is 0 Å². The van der Waals surface area contributed by atoms with Crippen LogP contribution in [0.4, 0.5) is 0 Å². The lowest BCUT2D eigenvalue weighted by atomic mass is 10.1. The van der Waals surface area contributed by atoms with E-state index in [0.29, 0.717) is 0 Å². The summed E-state index contributed by atoms with van der Waals surface area (Å²) in [6, 6.07) is 8.25. The maximum absolute atomic E-state index is 4.00. The predicted molar refractivity (Wildman–Crippen MR) is 61.1 cm³/mol. The first-order chi connectivity index (χ1) is 6.33. The molecule has 2 heteroatoms. The molecule has 0 spiro atoms. The van der Waals surface area contributed by atoms with Crippen molar-refractivity contribution in [2.24, 2.45) is 0 Å². The first-order valence-electron chi connectivity index (χ1n) is 4.13. The van der Waals surface area contributed by atoms with Crippen molar-refractivity contribution in [2.45, 2.75) is 0 Å². The zero-order valence-electron chi connectivity index (χ0n) is 7.18. The highest BCUT2D eigenvalue weighted by molar-refractivity contribution is 9.09. The van der Waals surface area contributed by atoms with Crippen molar-refractivity contribution in [3.63, 3.8) is 0 Å². The standard InChI is InChI=1S/C11H10BrN/c1-8(6-12)10-7-13-11-5-3-2-4-9(10)11/h2-5,7,13H,1,6H2. The van der Waals surface area contributed by atoms with Crippen LogP contribution in [0.2, 0.25) is 0 Å². The number of fused-ring (bicyclic) bond motifs is 1. The number of halogens is 1. The molecule has 0 amide bonds. The maximum Gasteiger partial charge on any atom is 0.0460 e. The third-order valence-corrected chi connectivity index (χ3v) is 2.81. The molecule has 0 atom stereocenters. The SMILES string of the molecule is C=C(CBr)c1c[nH]c2ccccc12. The molecule has 0 saturated heterocycles. The monoisotopic (exact) mass is 235 g/mol. The van der Waals surface area contributed by atoms with E-state index in [1.165, 1.54) is 16.5 Å². The normalized spacial score (nSPS) is 10.5. The molecule has 0 fully saturated rings. The largest absolute Gasteiger partial charge is 0.361 e. The summed E-state index contributed by atoms with van der Waals surface area (Å²) < 4.78 is 0. The molecule has 0 aliphatic heterocycles. The fourth-order valence-electron chi connectivity index (χ4n) is 1.44. The molecular formula is C11H10BrN. The molecule has 0 aliphatic carbocycles. The van der Waals surface area contributed by atoms with Crippen LogP contribution in [0, 0.1) is 0 Å². The molecule has 1 aromatic heterocycles. The lowest BCUT2D eigenvalue weighted by Gasteiger charge is -1.97. The van der Waals surface area contributed by atoms with Crippen molar-refractivity contribution >= 4 is 32.4 Å². The van der Waals surface area contributed by atoms with Gasteiger partial charge in [-0.2, -0.15) is 0 Å². The quantitative estimate of drug-likeness (QED) is 0.767. The zero-order chi connectivity index (χ0) is 9.26. The van der Waals surface area contributed by atoms with Gasteiger partial charge in [-0.3, -0.25) is 0 Å². The number of alkyl halides is 1. The number of aromatic amines is 1. The number of aromatic nitrogens is 1. The molecule has 0 radical (unpaired) electrons.